The molecule has 0 radical (unpaired) electrons. The van der Waals surface area contributed by atoms with Crippen LogP contribution in [-0.2, 0) is 11.3 Å². The van der Waals surface area contributed by atoms with E-state index in [1.807, 2.05) is 0 Å². The third-order valence-corrected chi connectivity index (χ3v) is 4.21. The van der Waals surface area contributed by atoms with E-state index in [9.17, 15) is 0 Å². The Morgan fingerprint density at radius 3 is 2.68 bits per heavy atom. The van der Waals surface area contributed by atoms with E-state index in [0.717, 1.165) is 26.2 Å². The van der Waals surface area contributed by atoms with Crippen LogP contribution in [-0.4, -0.2) is 36.7 Å². The number of hydrogen-bond acceptors (Lipinski definition) is 3. The molecule has 1 aromatic rings. The molecule has 0 spiro atoms. The van der Waals surface area contributed by atoms with Gasteiger partial charge in [-0.1, -0.05) is 24.3 Å². The van der Waals surface area contributed by atoms with Crippen molar-refractivity contribution >= 4 is 0 Å². The van der Waals surface area contributed by atoms with E-state index in [-0.39, 0.29) is 0 Å². The molecule has 1 N–H and O–H groups in total. The fourth-order valence-electron chi connectivity index (χ4n) is 3.49. The van der Waals surface area contributed by atoms with Crippen LogP contribution in [0.1, 0.15) is 37.4 Å². The van der Waals surface area contributed by atoms with Crippen molar-refractivity contribution in [2.45, 2.75) is 45.1 Å². The lowest BCUT2D eigenvalue weighted by Gasteiger charge is -2.40. The van der Waals surface area contributed by atoms with E-state index in [0.29, 0.717) is 18.2 Å². The van der Waals surface area contributed by atoms with Crippen molar-refractivity contribution in [3.05, 3.63) is 35.4 Å². The van der Waals surface area contributed by atoms with Gasteiger partial charge in [-0.05, 0) is 37.9 Å². The maximum absolute atomic E-state index is 5.87. The lowest BCUT2D eigenvalue weighted by Crippen LogP contribution is -2.47. The second-order valence-corrected chi connectivity index (χ2v) is 5.89. The minimum Gasteiger partial charge on any atom is -0.373 e. The largest absolute Gasteiger partial charge is 0.373 e. The van der Waals surface area contributed by atoms with E-state index in [1.54, 1.807) is 0 Å². The summed E-state index contributed by atoms with van der Waals surface area (Å²) in [6.45, 7) is 8.56. The monoisotopic (exact) mass is 260 g/mol. The van der Waals surface area contributed by atoms with E-state index >= 15 is 0 Å². The molecule has 3 nitrogen and oxygen atoms in total. The minimum absolute atomic E-state index is 0.340. The SMILES string of the molecule is CC1CN(C2CCNCc3ccccc32)CC(C)O1. The van der Waals surface area contributed by atoms with Crippen LogP contribution in [0.3, 0.4) is 0 Å². The average molecular weight is 260 g/mol. The van der Waals surface area contributed by atoms with Crippen molar-refractivity contribution < 1.29 is 4.74 Å². The van der Waals surface area contributed by atoms with Crippen molar-refractivity contribution in [3.8, 4) is 0 Å². The Bertz CT molecular complexity index is 425. The molecule has 0 amide bonds. The molecule has 19 heavy (non-hydrogen) atoms. The van der Waals surface area contributed by atoms with E-state index in [2.05, 4.69) is 48.3 Å². The number of rotatable bonds is 1. The lowest BCUT2D eigenvalue weighted by atomic mass is 9.97. The number of hydrogen-bond donors (Lipinski definition) is 1. The Kier molecular flexibility index (Phi) is 3.87. The van der Waals surface area contributed by atoms with Crippen molar-refractivity contribution in [2.75, 3.05) is 19.6 Å². The number of nitrogens with one attached hydrogen (secondary N) is 1. The molecule has 0 bridgehead atoms. The highest BCUT2D eigenvalue weighted by atomic mass is 16.5. The summed E-state index contributed by atoms with van der Waals surface area (Å²) in [6, 6.07) is 9.42. The van der Waals surface area contributed by atoms with Gasteiger partial charge in [0, 0.05) is 25.7 Å². The molecule has 3 heteroatoms. The van der Waals surface area contributed by atoms with Gasteiger partial charge in [-0.2, -0.15) is 0 Å². The number of fused-ring (bicyclic) bond motifs is 1. The lowest BCUT2D eigenvalue weighted by molar-refractivity contribution is -0.0816. The number of ether oxygens (including phenoxy) is 1. The quantitative estimate of drug-likeness (QED) is 0.839. The van der Waals surface area contributed by atoms with Crippen molar-refractivity contribution in [2.24, 2.45) is 0 Å². The van der Waals surface area contributed by atoms with Crippen LogP contribution in [0.25, 0.3) is 0 Å². The van der Waals surface area contributed by atoms with Crippen molar-refractivity contribution in [3.63, 3.8) is 0 Å². The van der Waals surface area contributed by atoms with Gasteiger partial charge in [0.05, 0.1) is 12.2 Å². The molecule has 0 aromatic heterocycles. The van der Waals surface area contributed by atoms with E-state index in [4.69, 9.17) is 4.74 Å². The molecule has 1 saturated heterocycles. The summed E-state index contributed by atoms with van der Waals surface area (Å²) in [5.41, 5.74) is 2.96. The summed E-state index contributed by atoms with van der Waals surface area (Å²) in [6.07, 6.45) is 1.87. The molecule has 3 rings (SSSR count). The van der Waals surface area contributed by atoms with Gasteiger partial charge in [-0.25, -0.2) is 0 Å². The molecule has 1 fully saturated rings. The van der Waals surface area contributed by atoms with Gasteiger partial charge in [0.25, 0.3) is 0 Å². The van der Waals surface area contributed by atoms with Crippen LogP contribution < -0.4 is 5.32 Å². The second kappa shape index (κ2) is 5.61. The fraction of sp³-hybridized carbons (Fsp3) is 0.625. The van der Waals surface area contributed by atoms with Gasteiger partial charge in [-0.15, -0.1) is 0 Å². The maximum Gasteiger partial charge on any atom is 0.0678 e. The summed E-state index contributed by atoms with van der Waals surface area (Å²) in [5.74, 6) is 0. The van der Waals surface area contributed by atoms with Crippen LogP contribution in [0.5, 0.6) is 0 Å². The third kappa shape index (κ3) is 2.83. The van der Waals surface area contributed by atoms with Crippen LogP contribution in [0.4, 0.5) is 0 Å². The highest BCUT2D eigenvalue weighted by Crippen LogP contribution is 2.31. The topological polar surface area (TPSA) is 24.5 Å². The predicted molar refractivity (Wildman–Crippen MR) is 77.1 cm³/mol. The first-order chi connectivity index (χ1) is 9.24. The highest BCUT2D eigenvalue weighted by Gasteiger charge is 2.30. The minimum atomic E-state index is 0.340. The molecule has 2 heterocycles. The molecule has 1 aromatic carbocycles. The first-order valence-corrected chi connectivity index (χ1v) is 7.42. The summed E-state index contributed by atoms with van der Waals surface area (Å²) in [7, 11) is 0. The molecule has 3 atom stereocenters. The van der Waals surface area contributed by atoms with Gasteiger partial charge < -0.3 is 10.1 Å². The number of morpholine rings is 1. The fourth-order valence-corrected chi connectivity index (χ4v) is 3.49. The number of benzene rings is 1. The summed E-state index contributed by atoms with van der Waals surface area (Å²) in [4.78, 5) is 2.62. The third-order valence-electron chi connectivity index (χ3n) is 4.21. The summed E-state index contributed by atoms with van der Waals surface area (Å²) >= 11 is 0. The second-order valence-electron chi connectivity index (χ2n) is 5.89. The van der Waals surface area contributed by atoms with Gasteiger partial charge in [-0.3, -0.25) is 4.90 Å². The zero-order chi connectivity index (χ0) is 13.2. The Hall–Kier alpha value is -0.900. The molecule has 0 saturated carbocycles. The molecule has 3 unspecified atom stereocenters. The summed E-state index contributed by atoms with van der Waals surface area (Å²) < 4.78 is 5.87. The molecular formula is C16H24N2O. The van der Waals surface area contributed by atoms with Gasteiger partial charge in [0.15, 0.2) is 0 Å². The van der Waals surface area contributed by atoms with Crippen LogP contribution in [0, 0.1) is 0 Å². The molecular weight excluding hydrogens is 236 g/mol. The van der Waals surface area contributed by atoms with Crippen LogP contribution >= 0.6 is 0 Å². The van der Waals surface area contributed by atoms with Crippen LogP contribution in [0.15, 0.2) is 24.3 Å². The van der Waals surface area contributed by atoms with Crippen molar-refractivity contribution in [1.82, 2.24) is 10.2 Å². The maximum atomic E-state index is 5.87. The van der Waals surface area contributed by atoms with E-state index in [1.165, 1.54) is 17.5 Å². The average Bonchev–Trinajstić information content (AvgIpc) is 2.59. The van der Waals surface area contributed by atoms with Gasteiger partial charge >= 0.3 is 0 Å². The smallest absolute Gasteiger partial charge is 0.0678 e. The van der Waals surface area contributed by atoms with Gasteiger partial charge in [0.1, 0.15) is 0 Å². The molecule has 2 aliphatic heterocycles. The van der Waals surface area contributed by atoms with Crippen LogP contribution in [0.2, 0.25) is 0 Å². The Labute approximate surface area is 115 Å². The Morgan fingerprint density at radius 1 is 1.16 bits per heavy atom. The Morgan fingerprint density at radius 2 is 1.89 bits per heavy atom. The molecule has 2 aliphatic rings. The predicted octanol–water partition coefficient (Wildman–Crippen LogP) is 2.33. The standard InChI is InChI=1S/C16H24N2O/c1-12-10-18(11-13(2)19-12)16-7-8-17-9-14-5-3-4-6-15(14)16/h3-6,12-13,16-17H,7-11H2,1-2H3. The number of nitrogens with zero attached hydrogens (tertiary/aromatic N) is 1. The molecule has 104 valence electrons. The van der Waals surface area contributed by atoms with E-state index < -0.39 is 0 Å². The zero-order valence-corrected chi connectivity index (χ0v) is 11.9. The van der Waals surface area contributed by atoms with Crippen molar-refractivity contribution in [1.29, 1.82) is 0 Å². The summed E-state index contributed by atoms with van der Waals surface area (Å²) in [5, 5.41) is 3.54. The van der Waals surface area contributed by atoms with Gasteiger partial charge in [0.2, 0.25) is 0 Å². The normalized spacial score (nSPS) is 32.6. The first-order valence-electron chi connectivity index (χ1n) is 7.42. The highest BCUT2D eigenvalue weighted by molar-refractivity contribution is 5.31. The Balaban J connectivity index is 1.87. The first kappa shape index (κ1) is 13.1. The zero-order valence-electron chi connectivity index (χ0n) is 11.9. The molecule has 0 aliphatic carbocycles.